The Hall–Kier alpha value is -2.61. The van der Waals surface area contributed by atoms with E-state index in [2.05, 4.69) is 15.5 Å². The molecule has 26 heavy (non-hydrogen) atoms. The zero-order chi connectivity index (χ0) is 18.1. The molecule has 3 aromatic rings. The Morgan fingerprint density at radius 3 is 2.92 bits per heavy atom. The second-order valence-electron chi connectivity index (χ2n) is 6.39. The molecule has 2 heterocycles. The first-order chi connectivity index (χ1) is 12.6. The summed E-state index contributed by atoms with van der Waals surface area (Å²) in [5.41, 5.74) is 0.943. The molecule has 1 amide bonds. The quantitative estimate of drug-likeness (QED) is 0.750. The van der Waals surface area contributed by atoms with Gasteiger partial charge in [-0.3, -0.25) is 9.36 Å². The molecule has 0 bridgehead atoms. The molecular weight excluding hydrogens is 360 g/mol. The van der Waals surface area contributed by atoms with E-state index in [-0.39, 0.29) is 30.2 Å². The lowest BCUT2D eigenvalue weighted by atomic mass is 9.95. The fourth-order valence-electron chi connectivity index (χ4n) is 3.23. The summed E-state index contributed by atoms with van der Waals surface area (Å²) in [6.07, 6.45) is 5.35. The number of aromatic nitrogens is 3. The molecule has 1 fully saturated rings. The van der Waals surface area contributed by atoms with Gasteiger partial charge < -0.3 is 14.3 Å². The highest BCUT2D eigenvalue weighted by Gasteiger charge is 2.21. The number of carbonyl (C=O) groups is 1. The van der Waals surface area contributed by atoms with E-state index in [1.54, 1.807) is 18.2 Å². The largest absolute Gasteiger partial charge is 0.420 e. The summed E-state index contributed by atoms with van der Waals surface area (Å²) < 4.78 is 11.6. The first kappa shape index (κ1) is 16.8. The minimum absolute atomic E-state index is 0.0202. The second-order valence-corrected chi connectivity index (χ2v) is 6.83. The number of halogens is 1. The molecule has 0 atom stereocenters. The Morgan fingerprint density at radius 2 is 2.12 bits per heavy atom. The molecule has 4 rings (SSSR count). The van der Waals surface area contributed by atoms with Gasteiger partial charge in [0.15, 0.2) is 11.4 Å². The van der Waals surface area contributed by atoms with Crippen molar-refractivity contribution in [2.24, 2.45) is 0 Å². The van der Waals surface area contributed by atoms with E-state index in [9.17, 15) is 9.59 Å². The van der Waals surface area contributed by atoms with Crippen LogP contribution in [0.5, 0.6) is 0 Å². The fourth-order valence-corrected chi connectivity index (χ4v) is 3.40. The highest BCUT2D eigenvalue weighted by atomic mass is 35.5. The molecule has 0 unspecified atom stereocenters. The van der Waals surface area contributed by atoms with Crippen molar-refractivity contribution in [2.45, 2.75) is 44.7 Å². The zero-order valence-electron chi connectivity index (χ0n) is 13.9. The van der Waals surface area contributed by atoms with Gasteiger partial charge in [-0.2, -0.15) is 4.98 Å². The predicted octanol–water partition coefficient (Wildman–Crippen LogP) is 2.74. The molecule has 8 nitrogen and oxygen atoms in total. The van der Waals surface area contributed by atoms with Crippen molar-refractivity contribution in [3.63, 3.8) is 0 Å². The molecule has 1 aliphatic rings. The van der Waals surface area contributed by atoms with Crippen molar-refractivity contribution >= 4 is 28.6 Å². The topological polar surface area (TPSA) is 103 Å². The molecule has 2 aromatic heterocycles. The minimum Gasteiger partial charge on any atom is -0.408 e. The number of carbonyl (C=O) groups excluding carboxylic acids is 1. The van der Waals surface area contributed by atoms with Crippen LogP contribution in [0, 0.1) is 0 Å². The van der Waals surface area contributed by atoms with Crippen LogP contribution in [0.25, 0.3) is 11.1 Å². The number of rotatable bonds is 4. The minimum atomic E-state index is -0.555. The van der Waals surface area contributed by atoms with Crippen LogP contribution in [-0.2, 0) is 6.54 Å². The van der Waals surface area contributed by atoms with E-state index < -0.39 is 5.76 Å². The molecule has 0 saturated heterocycles. The Labute approximate surface area is 153 Å². The maximum atomic E-state index is 12.2. The monoisotopic (exact) mass is 376 g/mol. The molecule has 1 saturated carbocycles. The van der Waals surface area contributed by atoms with Crippen LogP contribution in [0.3, 0.4) is 0 Å². The Balaban J connectivity index is 1.52. The van der Waals surface area contributed by atoms with E-state index in [1.165, 1.54) is 11.0 Å². The molecule has 0 aliphatic heterocycles. The van der Waals surface area contributed by atoms with Gasteiger partial charge in [0.2, 0.25) is 0 Å². The molecule has 1 aromatic carbocycles. The summed E-state index contributed by atoms with van der Waals surface area (Å²) in [6.45, 7) is 0.0202. The van der Waals surface area contributed by atoms with E-state index in [4.69, 9.17) is 20.5 Å². The van der Waals surface area contributed by atoms with Crippen molar-refractivity contribution in [3.8, 4) is 0 Å². The summed E-state index contributed by atoms with van der Waals surface area (Å²) in [5.74, 6) is -0.837. The van der Waals surface area contributed by atoms with Crippen LogP contribution in [0.2, 0.25) is 5.02 Å². The Morgan fingerprint density at radius 1 is 1.31 bits per heavy atom. The third-order valence-corrected chi connectivity index (χ3v) is 4.77. The van der Waals surface area contributed by atoms with Gasteiger partial charge >= 0.3 is 17.6 Å². The van der Waals surface area contributed by atoms with Gasteiger partial charge in [0.05, 0.1) is 12.1 Å². The van der Waals surface area contributed by atoms with Crippen LogP contribution >= 0.6 is 11.6 Å². The SMILES string of the molecule is O=C(NC1CCCCC1)c1nc(Cn2c(=O)oc3ccc(Cl)cc32)no1. The third-order valence-electron chi connectivity index (χ3n) is 4.53. The van der Waals surface area contributed by atoms with Gasteiger partial charge in [0.25, 0.3) is 0 Å². The van der Waals surface area contributed by atoms with E-state index in [0.717, 1.165) is 25.7 Å². The summed E-state index contributed by atoms with van der Waals surface area (Å²) >= 11 is 5.98. The lowest BCUT2D eigenvalue weighted by Crippen LogP contribution is -2.36. The lowest BCUT2D eigenvalue weighted by molar-refractivity contribution is 0.0883. The molecular formula is C17H17ClN4O4. The molecule has 1 aliphatic carbocycles. The number of nitrogens with one attached hydrogen (secondary N) is 1. The molecule has 9 heteroatoms. The predicted molar refractivity (Wildman–Crippen MR) is 93.2 cm³/mol. The van der Waals surface area contributed by atoms with Crippen LogP contribution in [0.1, 0.15) is 48.6 Å². The summed E-state index contributed by atoms with van der Waals surface area (Å²) in [6, 6.07) is 5.03. The summed E-state index contributed by atoms with van der Waals surface area (Å²) in [7, 11) is 0. The van der Waals surface area contributed by atoms with Gasteiger partial charge in [-0.25, -0.2) is 4.79 Å². The van der Waals surface area contributed by atoms with Gasteiger partial charge in [-0.05, 0) is 31.0 Å². The standard InChI is InChI=1S/C17H17ClN4O4/c18-10-6-7-13-12(8-10)22(17(24)25-13)9-14-20-16(26-21-14)15(23)19-11-4-2-1-3-5-11/h6-8,11H,1-5,9H2,(H,19,23). The number of fused-ring (bicyclic) bond motifs is 1. The first-order valence-electron chi connectivity index (χ1n) is 8.52. The smallest absolute Gasteiger partial charge is 0.408 e. The molecule has 1 N–H and O–H groups in total. The number of oxazole rings is 1. The number of hydrogen-bond donors (Lipinski definition) is 1. The lowest BCUT2D eigenvalue weighted by Gasteiger charge is -2.21. The normalized spacial score (nSPS) is 15.4. The number of benzene rings is 1. The van der Waals surface area contributed by atoms with Gasteiger partial charge in [0, 0.05) is 11.1 Å². The van der Waals surface area contributed by atoms with E-state index in [0.29, 0.717) is 16.1 Å². The van der Waals surface area contributed by atoms with Crippen LogP contribution in [0.15, 0.2) is 31.9 Å². The Kier molecular flexibility index (Phi) is 4.50. The highest BCUT2D eigenvalue weighted by Crippen LogP contribution is 2.19. The average Bonchev–Trinajstić information content (AvgIpc) is 3.22. The van der Waals surface area contributed by atoms with Crippen LogP contribution in [0.4, 0.5) is 0 Å². The second kappa shape index (κ2) is 6.95. The molecule has 0 spiro atoms. The van der Waals surface area contributed by atoms with E-state index in [1.807, 2.05) is 0 Å². The fraction of sp³-hybridized carbons (Fsp3) is 0.412. The number of nitrogens with zero attached hydrogens (tertiary/aromatic N) is 3. The van der Waals surface area contributed by atoms with Crippen LogP contribution < -0.4 is 11.1 Å². The summed E-state index contributed by atoms with van der Waals surface area (Å²) in [5, 5.41) is 7.19. The molecule has 136 valence electrons. The Bertz CT molecular complexity index is 1000. The highest BCUT2D eigenvalue weighted by molar-refractivity contribution is 6.31. The van der Waals surface area contributed by atoms with Gasteiger partial charge in [0.1, 0.15) is 0 Å². The van der Waals surface area contributed by atoms with Gasteiger partial charge in [-0.1, -0.05) is 36.0 Å². The maximum absolute atomic E-state index is 12.2. The number of hydrogen-bond acceptors (Lipinski definition) is 6. The van der Waals surface area contributed by atoms with E-state index >= 15 is 0 Å². The number of amides is 1. The van der Waals surface area contributed by atoms with Gasteiger partial charge in [-0.15, -0.1) is 0 Å². The summed E-state index contributed by atoms with van der Waals surface area (Å²) in [4.78, 5) is 28.4. The van der Waals surface area contributed by atoms with Crippen molar-refractivity contribution in [2.75, 3.05) is 0 Å². The molecule has 0 radical (unpaired) electrons. The van der Waals surface area contributed by atoms with Crippen molar-refractivity contribution in [1.29, 1.82) is 0 Å². The van der Waals surface area contributed by atoms with Crippen molar-refractivity contribution in [1.82, 2.24) is 20.0 Å². The maximum Gasteiger partial charge on any atom is 0.420 e. The van der Waals surface area contributed by atoms with Crippen molar-refractivity contribution in [3.05, 3.63) is 45.5 Å². The van der Waals surface area contributed by atoms with Crippen LogP contribution in [-0.4, -0.2) is 26.7 Å². The average molecular weight is 377 g/mol. The zero-order valence-corrected chi connectivity index (χ0v) is 14.7. The first-order valence-corrected chi connectivity index (χ1v) is 8.90. The third kappa shape index (κ3) is 3.37. The van der Waals surface area contributed by atoms with Crippen molar-refractivity contribution < 1.29 is 13.7 Å².